The summed E-state index contributed by atoms with van der Waals surface area (Å²) in [5, 5.41) is 8.23. The predicted molar refractivity (Wildman–Crippen MR) is 71.8 cm³/mol. The van der Waals surface area contributed by atoms with E-state index < -0.39 is 0 Å². The molecular formula is C11H16BrN5. The molecule has 6 heteroatoms. The Labute approximate surface area is 109 Å². The summed E-state index contributed by atoms with van der Waals surface area (Å²) in [5.41, 5.74) is 0.815. The zero-order valence-corrected chi connectivity index (χ0v) is 11.8. The largest absolute Gasteiger partial charge is 0.356 e. The molecule has 0 bridgehead atoms. The molecule has 1 unspecified atom stereocenters. The molecule has 0 fully saturated rings. The Kier molecular flexibility index (Phi) is 3.61. The molecule has 0 radical (unpaired) electrons. The van der Waals surface area contributed by atoms with Crippen molar-refractivity contribution in [1.29, 1.82) is 0 Å². The Morgan fingerprint density at radius 1 is 1.47 bits per heavy atom. The summed E-state index contributed by atoms with van der Waals surface area (Å²) < 4.78 is 1.95. The lowest BCUT2D eigenvalue weighted by Crippen LogP contribution is -2.22. The van der Waals surface area contributed by atoms with Gasteiger partial charge in [0.05, 0.1) is 0 Å². The van der Waals surface area contributed by atoms with Gasteiger partial charge in [-0.25, -0.2) is 4.98 Å². The highest BCUT2D eigenvalue weighted by Gasteiger charge is 2.12. The van der Waals surface area contributed by atoms with Gasteiger partial charge in [0.2, 0.25) is 5.65 Å². The summed E-state index contributed by atoms with van der Waals surface area (Å²) in [6.45, 7) is 5.01. The summed E-state index contributed by atoms with van der Waals surface area (Å²) in [6.07, 6.45) is 4.73. The number of aromatic nitrogens is 4. The van der Waals surface area contributed by atoms with E-state index in [-0.39, 0.29) is 0 Å². The van der Waals surface area contributed by atoms with E-state index in [4.69, 9.17) is 0 Å². The predicted octanol–water partition coefficient (Wildman–Crippen LogP) is 2.04. The first-order chi connectivity index (χ1) is 8.09. The van der Waals surface area contributed by atoms with E-state index in [1.54, 1.807) is 6.20 Å². The maximum atomic E-state index is 4.39. The molecule has 2 aromatic heterocycles. The fourth-order valence-corrected chi connectivity index (χ4v) is 1.88. The highest BCUT2D eigenvalue weighted by molar-refractivity contribution is 9.09. The first kappa shape index (κ1) is 12.3. The average molecular weight is 298 g/mol. The number of rotatable bonds is 4. The Hall–Kier alpha value is -1.17. The van der Waals surface area contributed by atoms with Gasteiger partial charge in [-0.1, -0.05) is 22.9 Å². The molecule has 5 nitrogen and oxygen atoms in total. The minimum Gasteiger partial charge on any atom is -0.356 e. The molecule has 0 aliphatic carbocycles. The molecule has 0 aromatic carbocycles. The van der Waals surface area contributed by atoms with Crippen LogP contribution in [0.3, 0.4) is 0 Å². The zero-order chi connectivity index (χ0) is 12.4. The van der Waals surface area contributed by atoms with Crippen molar-refractivity contribution in [2.75, 3.05) is 18.5 Å². The minimum absolute atomic E-state index is 0.504. The first-order valence-corrected chi connectivity index (χ1v) is 6.52. The Morgan fingerprint density at radius 2 is 2.24 bits per heavy atom. The second-order valence-electron chi connectivity index (χ2n) is 4.18. The smallest absolute Gasteiger partial charge is 0.203 e. The normalized spacial score (nSPS) is 12.9. The average Bonchev–Trinajstić information content (AvgIpc) is 2.68. The van der Waals surface area contributed by atoms with Crippen molar-refractivity contribution in [3.63, 3.8) is 0 Å². The molecule has 0 saturated heterocycles. The van der Waals surface area contributed by atoms with Crippen LogP contribution in [0.15, 0.2) is 12.4 Å². The lowest BCUT2D eigenvalue weighted by Gasteiger charge is -2.18. The highest BCUT2D eigenvalue weighted by Crippen LogP contribution is 2.17. The van der Waals surface area contributed by atoms with Crippen LogP contribution in [0.25, 0.3) is 5.65 Å². The molecular weight excluding hydrogens is 282 g/mol. The van der Waals surface area contributed by atoms with Gasteiger partial charge in [0.25, 0.3) is 0 Å². The minimum atomic E-state index is 0.504. The molecule has 0 spiro atoms. The number of fused-ring (bicyclic) bond motifs is 1. The molecule has 2 aromatic rings. The molecule has 0 aliphatic heterocycles. The summed E-state index contributed by atoms with van der Waals surface area (Å²) in [4.78, 5) is 7.00. The van der Waals surface area contributed by atoms with Gasteiger partial charge < -0.3 is 4.90 Å². The van der Waals surface area contributed by atoms with Gasteiger partial charge >= 0.3 is 0 Å². The van der Waals surface area contributed by atoms with Crippen molar-refractivity contribution < 1.29 is 0 Å². The van der Waals surface area contributed by atoms with E-state index in [1.165, 1.54) is 0 Å². The van der Waals surface area contributed by atoms with Crippen LogP contribution in [0, 0.1) is 6.92 Å². The van der Waals surface area contributed by atoms with Gasteiger partial charge in [-0.05, 0) is 13.3 Å². The number of hydrogen-bond acceptors (Lipinski definition) is 4. The molecule has 0 amide bonds. The van der Waals surface area contributed by atoms with Gasteiger partial charge in [-0.2, -0.15) is 0 Å². The lowest BCUT2D eigenvalue weighted by molar-refractivity contribution is 0.777. The highest BCUT2D eigenvalue weighted by atomic mass is 79.9. The van der Waals surface area contributed by atoms with Crippen molar-refractivity contribution in [2.45, 2.75) is 25.1 Å². The SMILES string of the molecule is Cc1nnc2c(N(C)CCC(C)Br)nccn12. The van der Waals surface area contributed by atoms with Crippen molar-refractivity contribution in [2.24, 2.45) is 0 Å². The fourth-order valence-electron chi connectivity index (χ4n) is 1.68. The summed E-state index contributed by atoms with van der Waals surface area (Å²) in [6, 6.07) is 0. The first-order valence-electron chi connectivity index (χ1n) is 5.61. The Bertz CT molecular complexity index is 508. The number of halogens is 1. The molecule has 0 aliphatic rings. The second-order valence-corrected chi connectivity index (χ2v) is 5.75. The van der Waals surface area contributed by atoms with Crippen LogP contribution in [0.4, 0.5) is 5.82 Å². The molecule has 17 heavy (non-hydrogen) atoms. The van der Waals surface area contributed by atoms with E-state index in [1.807, 2.05) is 24.6 Å². The third-order valence-electron chi connectivity index (χ3n) is 2.70. The van der Waals surface area contributed by atoms with E-state index in [0.717, 1.165) is 30.3 Å². The van der Waals surface area contributed by atoms with Crippen LogP contribution in [-0.2, 0) is 0 Å². The van der Waals surface area contributed by atoms with Crippen molar-refractivity contribution in [1.82, 2.24) is 19.6 Å². The van der Waals surface area contributed by atoms with E-state index in [0.29, 0.717) is 4.83 Å². The zero-order valence-electron chi connectivity index (χ0n) is 10.3. The summed E-state index contributed by atoms with van der Waals surface area (Å²) >= 11 is 3.55. The number of nitrogens with zero attached hydrogens (tertiary/aromatic N) is 5. The standard InChI is InChI=1S/C11H16BrN5/c1-8(12)4-6-16(3)10-11-15-14-9(2)17(11)7-5-13-10/h5,7-8H,4,6H2,1-3H3. The van der Waals surface area contributed by atoms with Gasteiger partial charge in [-0.3, -0.25) is 4.40 Å². The quantitative estimate of drug-likeness (QED) is 0.810. The Morgan fingerprint density at radius 3 is 2.94 bits per heavy atom. The van der Waals surface area contributed by atoms with Crippen molar-refractivity contribution in [3.05, 3.63) is 18.2 Å². The van der Waals surface area contributed by atoms with E-state index >= 15 is 0 Å². The second kappa shape index (κ2) is 5.00. The van der Waals surface area contributed by atoms with E-state index in [9.17, 15) is 0 Å². The van der Waals surface area contributed by atoms with Gasteiger partial charge in [0.15, 0.2) is 5.82 Å². The van der Waals surface area contributed by atoms with E-state index in [2.05, 4.69) is 42.9 Å². The van der Waals surface area contributed by atoms with Crippen LogP contribution in [0.5, 0.6) is 0 Å². The summed E-state index contributed by atoms with van der Waals surface area (Å²) in [7, 11) is 2.03. The number of anilines is 1. The fraction of sp³-hybridized carbons (Fsp3) is 0.545. The third-order valence-corrected chi connectivity index (χ3v) is 3.16. The van der Waals surface area contributed by atoms with Crippen LogP contribution >= 0.6 is 15.9 Å². The molecule has 0 saturated carbocycles. The van der Waals surface area contributed by atoms with Crippen LogP contribution in [-0.4, -0.2) is 38.0 Å². The molecule has 2 heterocycles. The molecule has 1 atom stereocenters. The molecule has 92 valence electrons. The van der Waals surface area contributed by atoms with Crippen LogP contribution in [0.1, 0.15) is 19.2 Å². The van der Waals surface area contributed by atoms with Crippen LogP contribution < -0.4 is 4.90 Å². The lowest BCUT2D eigenvalue weighted by atomic mass is 10.3. The van der Waals surface area contributed by atoms with Gasteiger partial charge in [-0.15, -0.1) is 10.2 Å². The monoisotopic (exact) mass is 297 g/mol. The van der Waals surface area contributed by atoms with Crippen molar-refractivity contribution >= 4 is 27.4 Å². The topological polar surface area (TPSA) is 46.3 Å². The Balaban J connectivity index is 2.28. The number of aryl methyl sites for hydroxylation is 1. The number of alkyl halides is 1. The van der Waals surface area contributed by atoms with Crippen molar-refractivity contribution in [3.8, 4) is 0 Å². The van der Waals surface area contributed by atoms with Crippen LogP contribution in [0.2, 0.25) is 0 Å². The van der Waals surface area contributed by atoms with Gasteiger partial charge in [0.1, 0.15) is 5.82 Å². The maximum Gasteiger partial charge on any atom is 0.203 e. The maximum absolute atomic E-state index is 4.39. The summed E-state index contributed by atoms with van der Waals surface area (Å²) in [5.74, 6) is 1.76. The molecule has 2 rings (SSSR count). The molecule has 0 N–H and O–H groups in total. The third kappa shape index (κ3) is 2.57. The number of hydrogen-bond donors (Lipinski definition) is 0. The van der Waals surface area contributed by atoms with Gasteiger partial charge in [0, 0.05) is 30.8 Å².